The Balaban J connectivity index is 3.16. The van der Waals surface area contributed by atoms with Crippen LogP contribution in [0.1, 0.15) is 30.2 Å². The third-order valence-electron chi connectivity index (χ3n) is 2.76. The van der Waals surface area contributed by atoms with Gasteiger partial charge in [0.05, 0.1) is 7.11 Å². The van der Waals surface area contributed by atoms with Crippen LogP contribution in [0.2, 0.25) is 0 Å². The quantitative estimate of drug-likeness (QED) is 0.742. The van der Waals surface area contributed by atoms with Crippen LogP contribution >= 0.6 is 0 Å². The van der Waals surface area contributed by atoms with Crippen LogP contribution in [0.4, 0.5) is 0 Å². The van der Waals surface area contributed by atoms with Crippen LogP contribution < -0.4 is 4.72 Å². The van der Waals surface area contributed by atoms with Gasteiger partial charge in [-0.2, -0.15) is 4.72 Å². The van der Waals surface area contributed by atoms with Crippen LogP contribution in [0.5, 0.6) is 0 Å². The normalized spacial score (nSPS) is 13.2. The molecule has 0 amide bonds. The van der Waals surface area contributed by atoms with Crippen LogP contribution in [0.25, 0.3) is 0 Å². The summed E-state index contributed by atoms with van der Waals surface area (Å²) in [5.74, 6) is -2.87. The molecule has 8 nitrogen and oxygen atoms in total. The van der Waals surface area contributed by atoms with E-state index in [2.05, 4.69) is 9.46 Å². The maximum atomic E-state index is 12.2. The molecule has 0 aromatic carbocycles. The van der Waals surface area contributed by atoms with E-state index < -0.39 is 33.9 Å². The number of rotatable bonds is 6. The van der Waals surface area contributed by atoms with Crippen molar-refractivity contribution in [1.82, 2.24) is 4.72 Å². The molecule has 0 saturated carbocycles. The molecule has 0 saturated heterocycles. The maximum absolute atomic E-state index is 12.2. The fourth-order valence-corrected chi connectivity index (χ4v) is 3.15. The molecule has 0 aliphatic carbocycles. The molecule has 21 heavy (non-hydrogen) atoms. The van der Waals surface area contributed by atoms with E-state index >= 15 is 0 Å². The Hall–Kier alpha value is -1.87. The highest BCUT2D eigenvalue weighted by molar-refractivity contribution is 7.89. The van der Waals surface area contributed by atoms with E-state index in [0.29, 0.717) is 0 Å². The molecule has 0 aliphatic heterocycles. The van der Waals surface area contributed by atoms with Gasteiger partial charge in [-0.15, -0.1) is 0 Å². The first-order valence-corrected chi connectivity index (χ1v) is 7.52. The standard InChI is InChI=1S/C12H17NO7S/c1-6(2)10(11(14)15)13-21(17,18)9-5-8(12(16)19-4)20-7(9)3/h5-6,10,13H,1-4H3,(H,14,15)/t10-/m1/s1. The zero-order chi connectivity index (χ0) is 16.4. The SMILES string of the molecule is COC(=O)c1cc(S(=O)(=O)N[C@@H](C(=O)O)C(C)C)c(C)o1. The van der Waals surface area contributed by atoms with Gasteiger partial charge in [-0.1, -0.05) is 13.8 Å². The average Bonchev–Trinajstić information content (AvgIpc) is 2.77. The Morgan fingerprint density at radius 1 is 1.38 bits per heavy atom. The van der Waals surface area contributed by atoms with E-state index in [1.54, 1.807) is 13.8 Å². The fraction of sp³-hybridized carbons (Fsp3) is 0.500. The number of methoxy groups -OCH3 is 1. The average molecular weight is 319 g/mol. The van der Waals surface area contributed by atoms with Crippen molar-refractivity contribution < 1.29 is 32.3 Å². The molecule has 0 spiro atoms. The summed E-state index contributed by atoms with van der Waals surface area (Å²) in [5, 5.41) is 9.03. The molecule has 9 heteroatoms. The number of esters is 1. The molecule has 0 fully saturated rings. The van der Waals surface area contributed by atoms with Crippen molar-refractivity contribution in [3.8, 4) is 0 Å². The van der Waals surface area contributed by atoms with Gasteiger partial charge in [0, 0.05) is 6.07 Å². The molecule has 1 aromatic heterocycles. The van der Waals surface area contributed by atoms with Gasteiger partial charge < -0.3 is 14.3 Å². The molecular formula is C12H17NO7S. The largest absolute Gasteiger partial charge is 0.480 e. The molecule has 118 valence electrons. The molecular weight excluding hydrogens is 302 g/mol. The number of hydrogen-bond donors (Lipinski definition) is 2. The minimum absolute atomic E-state index is 0.0317. The van der Waals surface area contributed by atoms with E-state index in [9.17, 15) is 18.0 Å². The van der Waals surface area contributed by atoms with E-state index in [1.165, 1.54) is 6.92 Å². The topological polar surface area (TPSA) is 123 Å². The summed E-state index contributed by atoms with van der Waals surface area (Å²) in [5.41, 5.74) is 0. The summed E-state index contributed by atoms with van der Waals surface area (Å²) in [7, 11) is -3.00. The number of nitrogens with one attached hydrogen (secondary N) is 1. The summed E-state index contributed by atoms with van der Waals surface area (Å²) < 4.78 is 35.9. The predicted octanol–water partition coefficient (Wildman–Crippen LogP) is 0.762. The lowest BCUT2D eigenvalue weighted by molar-refractivity contribution is -0.140. The zero-order valence-corrected chi connectivity index (χ0v) is 12.9. The Bertz CT molecular complexity index is 645. The van der Waals surface area contributed by atoms with Crippen LogP contribution in [0, 0.1) is 12.8 Å². The summed E-state index contributed by atoms with van der Waals surface area (Å²) in [6, 6.07) is -0.284. The van der Waals surface area contributed by atoms with E-state index in [0.717, 1.165) is 13.2 Å². The van der Waals surface area contributed by atoms with Crippen molar-refractivity contribution >= 4 is 22.0 Å². The molecule has 1 heterocycles. The highest BCUT2D eigenvalue weighted by atomic mass is 32.2. The van der Waals surface area contributed by atoms with Gasteiger partial charge in [0.15, 0.2) is 0 Å². The maximum Gasteiger partial charge on any atom is 0.373 e. The number of carbonyl (C=O) groups excluding carboxylic acids is 1. The van der Waals surface area contributed by atoms with Gasteiger partial charge in [-0.05, 0) is 12.8 Å². The van der Waals surface area contributed by atoms with Crippen molar-refractivity contribution in [1.29, 1.82) is 0 Å². The monoisotopic (exact) mass is 319 g/mol. The van der Waals surface area contributed by atoms with Gasteiger partial charge >= 0.3 is 11.9 Å². The van der Waals surface area contributed by atoms with Gasteiger partial charge in [0.2, 0.25) is 15.8 Å². The van der Waals surface area contributed by atoms with Crippen molar-refractivity contribution in [2.24, 2.45) is 5.92 Å². The zero-order valence-electron chi connectivity index (χ0n) is 12.0. The molecule has 1 aromatic rings. The predicted molar refractivity (Wildman–Crippen MR) is 71.4 cm³/mol. The molecule has 1 atom stereocenters. The number of sulfonamides is 1. The van der Waals surface area contributed by atoms with Crippen LogP contribution in [-0.2, 0) is 19.6 Å². The third-order valence-corrected chi connectivity index (χ3v) is 4.31. The second-order valence-corrected chi connectivity index (χ2v) is 6.39. The van der Waals surface area contributed by atoms with E-state index in [4.69, 9.17) is 9.52 Å². The first-order chi connectivity index (χ1) is 9.60. The van der Waals surface area contributed by atoms with Gasteiger partial charge in [-0.3, -0.25) is 4.79 Å². The summed E-state index contributed by atoms with van der Waals surface area (Å²) in [4.78, 5) is 22.1. The summed E-state index contributed by atoms with van der Waals surface area (Å²) in [6.07, 6.45) is 0. The molecule has 0 radical (unpaired) electrons. The Morgan fingerprint density at radius 3 is 2.38 bits per heavy atom. The first kappa shape index (κ1) is 17.2. The third kappa shape index (κ3) is 3.82. The second-order valence-electron chi connectivity index (χ2n) is 4.70. The lowest BCUT2D eigenvalue weighted by Gasteiger charge is -2.17. The summed E-state index contributed by atoms with van der Waals surface area (Å²) >= 11 is 0. The number of aryl methyl sites for hydroxylation is 1. The van der Waals surface area contributed by atoms with E-state index in [1.807, 2.05) is 0 Å². The second kappa shape index (κ2) is 6.27. The Labute approximate surface area is 122 Å². The van der Waals surface area contributed by atoms with Crippen molar-refractivity contribution in [2.75, 3.05) is 7.11 Å². The highest BCUT2D eigenvalue weighted by Crippen LogP contribution is 2.21. The molecule has 1 rings (SSSR count). The Morgan fingerprint density at radius 2 is 1.95 bits per heavy atom. The van der Waals surface area contributed by atoms with E-state index in [-0.39, 0.29) is 16.4 Å². The minimum Gasteiger partial charge on any atom is -0.480 e. The number of aliphatic carboxylic acids is 1. The number of carboxylic acids is 1. The van der Waals surface area contributed by atoms with Crippen molar-refractivity contribution in [2.45, 2.75) is 31.7 Å². The molecule has 2 N–H and O–H groups in total. The Kier molecular flexibility index (Phi) is 5.13. The van der Waals surface area contributed by atoms with Crippen LogP contribution in [0.15, 0.2) is 15.4 Å². The minimum atomic E-state index is -4.13. The number of hydrogen-bond acceptors (Lipinski definition) is 6. The molecule has 0 aliphatic rings. The van der Waals surface area contributed by atoms with Gasteiger partial charge in [0.25, 0.3) is 0 Å². The number of furan rings is 1. The fourth-order valence-electron chi connectivity index (χ4n) is 1.64. The smallest absolute Gasteiger partial charge is 0.373 e. The van der Waals surface area contributed by atoms with Crippen molar-refractivity contribution in [3.05, 3.63) is 17.6 Å². The lowest BCUT2D eigenvalue weighted by Crippen LogP contribution is -2.44. The van der Waals surface area contributed by atoms with Gasteiger partial charge in [0.1, 0.15) is 16.7 Å². The molecule has 0 unspecified atom stereocenters. The van der Waals surface area contributed by atoms with Crippen molar-refractivity contribution in [3.63, 3.8) is 0 Å². The lowest BCUT2D eigenvalue weighted by atomic mass is 10.1. The summed E-state index contributed by atoms with van der Waals surface area (Å²) in [6.45, 7) is 4.50. The molecule has 0 bridgehead atoms. The first-order valence-electron chi connectivity index (χ1n) is 6.04. The number of carbonyl (C=O) groups is 2. The van der Waals surface area contributed by atoms with Crippen LogP contribution in [0.3, 0.4) is 0 Å². The van der Waals surface area contributed by atoms with Crippen LogP contribution in [-0.4, -0.2) is 38.6 Å². The number of ether oxygens (including phenoxy) is 1. The highest BCUT2D eigenvalue weighted by Gasteiger charge is 2.31. The number of carboxylic acid groups (broad SMARTS) is 1. The van der Waals surface area contributed by atoms with Gasteiger partial charge in [-0.25, -0.2) is 13.2 Å².